The van der Waals surface area contributed by atoms with Crippen molar-refractivity contribution in [1.82, 2.24) is 5.01 Å². The van der Waals surface area contributed by atoms with E-state index in [4.69, 9.17) is 9.47 Å². The fraction of sp³-hybridized carbons (Fsp3) is 0.224. The number of imide groups is 2. The number of rotatable bonds is 9. The number of aromatic hydroxyl groups is 1. The number of nitrogens with one attached hydrogen (secondary N) is 1. The summed E-state index contributed by atoms with van der Waals surface area (Å²) in [6.07, 6.45) is 6.32. The number of methoxy groups -OCH3 is 2. The molecule has 4 amide bonds. The summed E-state index contributed by atoms with van der Waals surface area (Å²) in [7, 11) is 3.22. The van der Waals surface area contributed by atoms with E-state index in [2.05, 4.69) is 5.43 Å². The molecule has 6 atom stereocenters. The minimum Gasteiger partial charge on any atom is -0.508 e. The van der Waals surface area contributed by atoms with Crippen LogP contribution in [0.4, 0.5) is 11.4 Å². The number of hydrazine groups is 1. The average Bonchev–Trinajstić information content (AvgIpc) is 3.64. The fourth-order valence-electron chi connectivity index (χ4n) is 9.97. The predicted octanol–water partition coefficient (Wildman–Crippen LogP) is 8.08. The molecular weight excluding hydrogens is 743 g/mol. The van der Waals surface area contributed by atoms with Gasteiger partial charge in [0.2, 0.25) is 11.8 Å². The molecule has 2 saturated heterocycles. The third kappa shape index (κ3) is 6.09. The van der Waals surface area contributed by atoms with Crippen molar-refractivity contribution in [2.45, 2.75) is 31.1 Å². The second-order valence-corrected chi connectivity index (χ2v) is 15.7. The van der Waals surface area contributed by atoms with Gasteiger partial charge in [-0.05, 0) is 97.0 Å². The number of benzene rings is 5. The summed E-state index contributed by atoms with van der Waals surface area (Å²) in [5.74, 6) is -3.57. The summed E-state index contributed by atoms with van der Waals surface area (Å²) in [6, 6.07) is 36.4. The van der Waals surface area contributed by atoms with E-state index < -0.39 is 46.8 Å². The van der Waals surface area contributed by atoms with Crippen LogP contribution in [0.1, 0.15) is 46.6 Å². The standard InChI is InChI=1S/C49H43N3O7/c1-29-12-18-34(19-13-29)50-52-46(55)41-28-40-38(44(32-8-7-11-36(53)26-32)49(41,48(52)57)33-9-5-4-6-10-33)23-24-39-43(40)47(56)51(45(39)54)35-20-15-30(16-21-35)14-17-31-27-37(58-2)22-25-42(31)59-3/h4-23,25-27,39-41,43-44,50,53H,24,28H2,1-3H3/t39-,40+,41-,43-,44-,49+/m0/s1. The van der Waals surface area contributed by atoms with Gasteiger partial charge in [0.1, 0.15) is 17.2 Å². The van der Waals surface area contributed by atoms with Crippen LogP contribution < -0.4 is 19.8 Å². The van der Waals surface area contributed by atoms with Gasteiger partial charge in [-0.3, -0.25) is 29.5 Å². The number of aryl methyl sites for hydroxylation is 1. The molecule has 0 radical (unpaired) electrons. The van der Waals surface area contributed by atoms with E-state index in [-0.39, 0.29) is 24.0 Å². The number of carbonyl (C=O) groups is 4. The zero-order chi connectivity index (χ0) is 41.0. The first-order valence-corrected chi connectivity index (χ1v) is 19.8. The van der Waals surface area contributed by atoms with Gasteiger partial charge < -0.3 is 14.6 Å². The van der Waals surface area contributed by atoms with Gasteiger partial charge in [-0.25, -0.2) is 0 Å². The molecule has 2 N–H and O–H groups in total. The van der Waals surface area contributed by atoms with Crippen molar-refractivity contribution < 1.29 is 33.8 Å². The van der Waals surface area contributed by atoms with Crippen molar-refractivity contribution >= 4 is 47.2 Å². The lowest BCUT2D eigenvalue weighted by Crippen LogP contribution is -2.53. The molecule has 59 heavy (non-hydrogen) atoms. The zero-order valence-electron chi connectivity index (χ0n) is 32.9. The number of amides is 4. The minimum absolute atomic E-state index is 0.0179. The lowest BCUT2D eigenvalue weighted by molar-refractivity contribution is -0.138. The van der Waals surface area contributed by atoms with E-state index >= 15 is 4.79 Å². The summed E-state index contributed by atoms with van der Waals surface area (Å²) in [4.78, 5) is 60.6. The zero-order valence-corrected chi connectivity index (χ0v) is 32.9. The van der Waals surface area contributed by atoms with Crippen LogP contribution in [0.15, 0.2) is 133 Å². The van der Waals surface area contributed by atoms with E-state index in [0.717, 1.165) is 27.3 Å². The summed E-state index contributed by atoms with van der Waals surface area (Å²) in [5, 5.41) is 12.0. The van der Waals surface area contributed by atoms with Gasteiger partial charge in [0.25, 0.3) is 11.8 Å². The number of phenols is 1. The number of ether oxygens (including phenoxy) is 2. The van der Waals surface area contributed by atoms with Crippen molar-refractivity contribution in [2.75, 3.05) is 24.5 Å². The van der Waals surface area contributed by atoms with Gasteiger partial charge in [0, 0.05) is 11.5 Å². The van der Waals surface area contributed by atoms with Crippen molar-refractivity contribution in [3.05, 3.63) is 161 Å². The van der Waals surface area contributed by atoms with E-state index in [1.54, 1.807) is 44.6 Å². The van der Waals surface area contributed by atoms with Crippen LogP contribution in [0.5, 0.6) is 17.2 Å². The van der Waals surface area contributed by atoms with Gasteiger partial charge in [-0.2, -0.15) is 5.01 Å². The fourth-order valence-corrected chi connectivity index (χ4v) is 9.97. The predicted molar refractivity (Wildman–Crippen MR) is 224 cm³/mol. The third-order valence-electron chi connectivity index (χ3n) is 12.6. The first kappa shape index (κ1) is 37.6. The molecule has 10 nitrogen and oxygen atoms in total. The van der Waals surface area contributed by atoms with Crippen molar-refractivity contribution in [1.29, 1.82) is 0 Å². The van der Waals surface area contributed by atoms with Crippen LogP contribution in [-0.2, 0) is 24.6 Å². The lowest BCUT2D eigenvalue weighted by Gasteiger charge is -2.50. The molecule has 0 aromatic heterocycles. The molecule has 5 aromatic carbocycles. The molecular formula is C49H43N3O7. The summed E-state index contributed by atoms with van der Waals surface area (Å²) < 4.78 is 10.9. The Bertz CT molecular complexity index is 2550. The highest BCUT2D eigenvalue weighted by molar-refractivity contribution is 6.22. The van der Waals surface area contributed by atoms with Crippen LogP contribution in [0.3, 0.4) is 0 Å². The lowest BCUT2D eigenvalue weighted by atomic mass is 9.49. The van der Waals surface area contributed by atoms with Crippen molar-refractivity contribution in [3.63, 3.8) is 0 Å². The first-order chi connectivity index (χ1) is 28.6. The molecule has 5 aromatic rings. The van der Waals surface area contributed by atoms with Crippen molar-refractivity contribution in [2.24, 2.45) is 23.7 Å². The molecule has 0 bridgehead atoms. The number of carbonyl (C=O) groups excluding carboxylic acids is 4. The number of anilines is 2. The molecule has 296 valence electrons. The second-order valence-electron chi connectivity index (χ2n) is 15.7. The van der Waals surface area contributed by atoms with Crippen LogP contribution in [0.2, 0.25) is 0 Å². The Kier molecular flexibility index (Phi) is 9.42. The summed E-state index contributed by atoms with van der Waals surface area (Å²) >= 11 is 0. The third-order valence-corrected chi connectivity index (χ3v) is 12.6. The molecule has 2 aliphatic heterocycles. The van der Waals surface area contributed by atoms with Crippen LogP contribution in [0.25, 0.3) is 12.2 Å². The van der Waals surface area contributed by atoms with E-state index in [0.29, 0.717) is 40.4 Å². The molecule has 0 spiro atoms. The van der Waals surface area contributed by atoms with Crippen LogP contribution >= 0.6 is 0 Å². The Morgan fingerprint density at radius 1 is 0.763 bits per heavy atom. The second kappa shape index (κ2) is 14.8. The number of hydrogen-bond acceptors (Lipinski definition) is 8. The SMILES string of the molecule is COc1ccc(OC)c(C=Cc2ccc(N3C(=O)[C@H]4[C@H](CC=C5[C@H]4C[C@H]4C(=O)N(Nc6ccc(C)cc6)C(=O)[C@@]4(c4ccccc4)[C@H]5c4cccc(O)c4)C3=O)cc2)c1. The van der Waals surface area contributed by atoms with Gasteiger partial charge in [0.15, 0.2) is 0 Å². The van der Waals surface area contributed by atoms with Gasteiger partial charge >= 0.3 is 0 Å². The van der Waals surface area contributed by atoms with E-state index in [1.807, 2.05) is 116 Å². The smallest absolute Gasteiger partial charge is 0.260 e. The number of hydrogen-bond donors (Lipinski definition) is 2. The quantitative estimate of drug-likeness (QED) is 0.0874. The molecule has 2 aliphatic carbocycles. The maximum absolute atomic E-state index is 15.3. The Balaban J connectivity index is 1.09. The Hall–Kier alpha value is -6.94. The Morgan fingerprint density at radius 2 is 1.53 bits per heavy atom. The minimum atomic E-state index is -1.41. The van der Waals surface area contributed by atoms with Gasteiger partial charge in [-0.1, -0.05) is 96.1 Å². The summed E-state index contributed by atoms with van der Waals surface area (Å²) in [5.41, 5.74) is 7.61. The molecule has 2 heterocycles. The number of fused-ring (bicyclic) bond motifs is 4. The van der Waals surface area contributed by atoms with E-state index in [1.165, 1.54) is 4.90 Å². The highest BCUT2D eigenvalue weighted by Gasteiger charge is 2.70. The molecule has 3 fully saturated rings. The van der Waals surface area contributed by atoms with Crippen LogP contribution in [-0.4, -0.2) is 48.0 Å². The molecule has 10 heteroatoms. The number of allylic oxidation sites excluding steroid dienone is 2. The first-order valence-electron chi connectivity index (χ1n) is 19.8. The van der Waals surface area contributed by atoms with Gasteiger partial charge in [-0.15, -0.1) is 0 Å². The molecule has 4 aliphatic rings. The van der Waals surface area contributed by atoms with Crippen LogP contribution in [0, 0.1) is 30.6 Å². The molecule has 0 unspecified atom stereocenters. The average molecular weight is 786 g/mol. The number of phenolic OH excluding ortho intramolecular Hbond substituents is 1. The molecule has 1 saturated carbocycles. The largest absolute Gasteiger partial charge is 0.508 e. The molecule has 9 rings (SSSR count). The Labute approximate surface area is 342 Å². The highest BCUT2D eigenvalue weighted by atomic mass is 16.5. The topological polar surface area (TPSA) is 125 Å². The number of nitrogens with zero attached hydrogens (tertiary/aromatic N) is 2. The highest BCUT2D eigenvalue weighted by Crippen LogP contribution is 2.64. The normalized spacial score (nSPS) is 24.8. The Morgan fingerprint density at radius 3 is 2.24 bits per heavy atom. The maximum Gasteiger partial charge on any atom is 0.260 e. The van der Waals surface area contributed by atoms with Crippen molar-refractivity contribution in [3.8, 4) is 17.2 Å². The van der Waals surface area contributed by atoms with Gasteiger partial charge in [0.05, 0.1) is 48.8 Å². The summed E-state index contributed by atoms with van der Waals surface area (Å²) in [6.45, 7) is 1.96. The monoisotopic (exact) mass is 785 g/mol. The maximum atomic E-state index is 15.3. The van der Waals surface area contributed by atoms with E-state index in [9.17, 15) is 19.5 Å².